The molecule has 0 atom stereocenters. The van der Waals surface area contributed by atoms with Crippen LogP contribution in [0.2, 0.25) is 0 Å². The van der Waals surface area contributed by atoms with Crippen LogP contribution in [-0.2, 0) is 13.7 Å². The second-order valence-corrected chi connectivity index (χ2v) is 3.34. The van der Waals surface area contributed by atoms with Crippen molar-refractivity contribution in [2.24, 2.45) is 7.05 Å². The predicted octanol–water partition coefficient (Wildman–Crippen LogP) is 0.396. The van der Waals surface area contributed by atoms with Gasteiger partial charge in [-0.15, -0.1) is 0 Å². The maximum Gasteiger partial charge on any atom is 0.272 e. The topological polar surface area (TPSA) is 55.1 Å². The lowest BCUT2D eigenvalue weighted by atomic mass is 10.1. The summed E-state index contributed by atoms with van der Waals surface area (Å²) in [5.74, 6) is 0.261. The molecule has 0 aliphatic heterocycles. The Hall–Kier alpha value is -1.16. The Labute approximate surface area is 76.8 Å². The molecule has 0 unspecified atom stereocenters. The number of aryl methyl sites for hydroxylation is 1. The molecule has 1 aromatic rings. The normalized spacial score (nSPS) is 10.8. The van der Waals surface area contributed by atoms with Gasteiger partial charge in [0.25, 0.3) is 5.56 Å². The highest BCUT2D eigenvalue weighted by atomic mass is 16.3. The summed E-state index contributed by atoms with van der Waals surface area (Å²) in [6.45, 7) is 3.76. The molecule has 0 aliphatic carbocycles. The summed E-state index contributed by atoms with van der Waals surface area (Å²) in [6.07, 6.45) is 0. The quantitative estimate of drug-likeness (QED) is 0.720. The molecule has 4 nitrogen and oxygen atoms in total. The third kappa shape index (κ3) is 1.95. The monoisotopic (exact) mass is 182 g/mol. The van der Waals surface area contributed by atoms with Crippen molar-refractivity contribution in [1.82, 2.24) is 9.78 Å². The first-order chi connectivity index (χ1) is 6.06. The van der Waals surface area contributed by atoms with Crippen molar-refractivity contribution in [3.05, 3.63) is 27.7 Å². The van der Waals surface area contributed by atoms with Crippen LogP contribution in [0.3, 0.4) is 0 Å². The maximum absolute atomic E-state index is 11.3. The van der Waals surface area contributed by atoms with Crippen molar-refractivity contribution in [3.63, 3.8) is 0 Å². The van der Waals surface area contributed by atoms with E-state index in [1.807, 2.05) is 13.8 Å². The van der Waals surface area contributed by atoms with Crippen LogP contribution in [0.5, 0.6) is 0 Å². The summed E-state index contributed by atoms with van der Waals surface area (Å²) in [7, 11) is 1.59. The molecule has 0 bridgehead atoms. The highest BCUT2D eigenvalue weighted by molar-refractivity contribution is 5.14. The zero-order chi connectivity index (χ0) is 10.0. The van der Waals surface area contributed by atoms with Gasteiger partial charge < -0.3 is 5.11 Å². The molecule has 4 heteroatoms. The third-order valence-electron chi connectivity index (χ3n) is 1.92. The minimum absolute atomic E-state index is 0.227. The third-order valence-corrected chi connectivity index (χ3v) is 1.92. The van der Waals surface area contributed by atoms with Gasteiger partial charge in [-0.1, -0.05) is 13.8 Å². The summed E-state index contributed by atoms with van der Waals surface area (Å²) in [4.78, 5) is 11.3. The Morgan fingerprint density at radius 2 is 2.23 bits per heavy atom. The van der Waals surface area contributed by atoms with E-state index >= 15 is 0 Å². The number of rotatable bonds is 2. The van der Waals surface area contributed by atoms with E-state index in [0.29, 0.717) is 5.56 Å². The van der Waals surface area contributed by atoms with Crippen LogP contribution in [0.1, 0.15) is 31.0 Å². The fourth-order valence-corrected chi connectivity index (χ4v) is 1.09. The van der Waals surface area contributed by atoms with E-state index in [-0.39, 0.29) is 18.1 Å². The molecule has 0 radical (unpaired) electrons. The van der Waals surface area contributed by atoms with Gasteiger partial charge in [-0.2, -0.15) is 5.10 Å². The van der Waals surface area contributed by atoms with Crippen molar-refractivity contribution >= 4 is 0 Å². The van der Waals surface area contributed by atoms with Gasteiger partial charge in [-0.3, -0.25) is 4.79 Å². The Kier molecular flexibility index (Phi) is 2.83. The molecular weight excluding hydrogens is 168 g/mol. The van der Waals surface area contributed by atoms with Crippen LogP contribution in [0, 0.1) is 0 Å². The second kappa shape index (κ2) is 3.70. The van der Waals surface area contributed by atoms with Gasteiger partial charge in [0.2, 0.25) is 0 Å². The van der Waals surface area contributed by atoms with Crippen LogP contribution in [0.25, 0.3) is 0 Å². The van der Waals surface area contributed by atoms with Gasteiger partial charge in [0.15, 0.2) is 0 Å². The van der Waals surface area contributed by atoms with Crippen LogP contribution >= 0.6 is 0 Å². The molecule has 0 saturated heterocycles. The van der Waals surface area contributed by atoms with Crippen LogP contribution in [0.15, 0.2) is 10.9 Å². The van der Waals surface area contributed by atoms with Gasteiger partial charge in [0, 0.05) is 12.6 Å². The Balaban J connectivity index is 3.30. The minimum Gasteiger partial charge on any atom is -0.391 e. The molecule has 1 aromatic heterocycles. The molecule has 13 heavy (non-hydrogen) atoms. The standard InChI is InChI=1S/C9H14N2O2/c1-6(2)8-4-7(5-12)9(13)11(3)10-8/h4,6,12H,5H2,1-3H3. The zero-order valence-electron chi connectivity index (χ0n) is 8.11. The molecule has 1 rings (SSSR count). The van der Waals surface area contributed by atoms with Crippen molar-refractivity contribution in [2.45, 2.75) is 26.4 Å². The van der Waals surface area contributed by atoms with E-state index in [4.69, 9.17) is 5.11 Å². The highest BCUT2D eigenvalue weighted by Gasteiger charge is 2.07. The molecule has 72 valence electrons. The first kappa shape index (κ1) is 9.92. The molecule has 1 N–H and O–H groups in total. The lowest BCUT2D eigenvalue weighted by Gasteiger charge is -2.07. The molecule has 0 fully saturated rings. The number of nitrogens with zero attached hydrogens (tertiary/aromatic N) is 2. The van der Waals surface area contributed by atoms with E-state index < -0.39 is 0 Å². The Bertz CT molecular complexity index is 355. The summed E-state index contributed by atoms with van der Waals surface area (Å²) in [5.41, 5.74) is 0.999. The average molecular weight is 182 g/mol. The molecule has 0 spiro atoms. The van der Waals surface area contributed by atoms with Crippen molar-refractivity contribution in [2.75, 3.05) is 0 Å². The smallest absolute Gasteiger partial charge is 0.272 e. The average Bonchev–Trinajstić information content (AvgIpc) is 2.09. The predicted molar refractivity (Wildman–Crippen MR) is 49.5 cm³/mol. The fourth-order valence-electron chi connectivity index (χ4n) is 1.09. The summed E-state index contributed by atoms with van der Waals surface area (Å²) >= 11 is 0. The molecule has 0 aromatic carbocycles. The van der Waals surface area contributed by atoms with Crippen LogP contribution in [-0.4, -0.2) is 14.9 Å². The van der Waals surface area contributed by atoms with Crippen molar-refractivity contribution in [3.8, 4) is 0 Å². The van der Waals surface area contributed by atoms with Crippen molar-refractivity contribution < 1.29 is 5.11 Å². The number of hydrogen-bond acceptors (Lipinski definition) is 3. The highest BCUT2D eigenvalue weighted by Crippen LogP contribution is 2.09. The minimum atomic E-state index is -0.230. The number of hydrogen-bond donors (Lipinski definition) is 1. The van der Waals surface area contributed by atoms with Gasteiger partial charge in [0.05, 0.1) is 12.3 Å². The second-order valence-electron chi connectivity index (χ2n) is 3.34. The lowest BCUT2D eigenvalue weighted by molar-refractivity contribution is 0.278. The molecular formula is C9H14N2O2. The fraction of sp³-hybridized carbons (Fsp3) is 0.556. The largest absolute Gasteiger partial charge is 0.391 e. The first-order valence-corrected chi connectivity index (χ1v) is 4.24. The SMILES string of the molecule is CC(C)c1cc(CO)c(=O)n(C)n1. The maximum atomic E-state index is 11.3. The summed E-state index contributed by atoms with van der Waals surface area (Å²) in [5, 5.41) is 13.0. The molecule has 0 saturated carbocycles. The van der Waals surface area contributed by atoms with E-state index in [0.717, 1.165) is 5.69 Å². The molecule has 0 amide bonds. The van der Waals surface area contributed by atoms with Crippen LogP contribution in [0.4, 0.5) is 0 Å². The van der Waals surface area contributed by atoms with Crippen molar-refractivity contribution in [1.29, 1.82) is 0 Å². The van der Waals surface area contributed by atoms with Gasteiger partial charge in [-0.25, -0.2) is 4.68 Å². The van der Waals surface area contributed by atoms with Gasteiger partial charge in [0.1, 0.15) is 0 Å². The molecule has 0 aliphatic rings. The van der Waals surface area contributed by atoms with Crippen LogP contribution < -0.4 is 5.56 Å². The van der Waals surface area contributed by atoms with E-state index in [9.17, 15) is 4.79 Å². The summed E-state index contributed by atoms with van der Waals surface area (Å²) < 4.78 is 1.26. The molecule has 1 heterocycles. The van der Waals surface area contributed by atoms with E-state index in [1.54, 1.807) is 13.1 Å². The zero-order valence-corrected chi connectivity index (χ0v) is 8.11. The number of aliphatic hydroxyl groups is 1. The number of aliphatic hydroxyl groups excluding tert-OH is 1. The van der Waals surface area contributed by atoms with Gasteiger partial charge >= 0.3 is 0 Å². The van der Waals surface area contributed by atoms with E-state index in [2.05, 4.69) is 5.10 Å². The Morgan fingerprint density at radius 3 is 2.69 bits per heavy atom. The van der Waals surface area contributed by atoms with Gasteiger partial charge in [-0.05, 0) is 12.0 Å². The lowest BCUT2D eigenvalue weighted by Crippen LogP contribution is -2.25. The first-order valence-electron chi connectivity index (χ1n) is 4.24. The van der Waals surface area contributed by atoms with E-state index in [1.165, 1.54) is 4.68 Å². The summed E-state index contributed by atoms with van der Waals surface area (Å²) in [6, 6.07) is 1.66. The Morgan fingerprint density at radius 1 is 1.62 bits per heavy atom. The number of aromatic nitrogens is 2.